The molecule has 0 fully saturated rings. The summed E-state index contributed by atoms with van der Waals surface area (Å²) >= 11 is 0. The lowest BCUT2D eigenvalue weighted by Gasteiger charge is -2.26. The number of carbonyl (C=O) groups excluding carboxylic acids is 4. The third kappa shape index (κ3) is 10.5. The van der Waals surface area contributed by atoms with Crippen molar-refractivity contribution in [3.8, 4) is 17.2 Å². The van der Waals surface area contributed by atoms with E-state index in [-0.39, 0.29) is 42.8 Å². The first-order valence-electron chi connectivity index (χ1n) is 13.9. The van der Waals surface area contributed by atoms with Gasteiger partial charge in [-0.3, -0.25) is 14.4 Å². The van der Waals surface area contributed by atoms with Crippen LogP contribution < -0.4 is 19.9 Å². The molecule has 2 aromatic rings. The van der Waals surface area contributed by atoms with Crippen molar-refractivity contribution in [1.82, 2.24) is 0 Å². The van der Waals surface area contributed by atoms with Crippen LogP contribution in [0.15, 0.2) is 48.5 Å². The van der Waals surface area contributed by atoms with Crippen molar-refractivity contribution >= 4 is 24.1 Å². The van der Waals surface area contributed by atoms with Gasteiger partial charge in [-0.25, -0.2) is 4.79 Å². The molecule has 2 unspecified atom stereocenters. The Morgan fingerprint density at radius 1 is 0.829 bits per heavy atom. The molecule has 2 N–H and O–H groups in total. The minimum Gasteiger partial charge on any atom is -0.468 e. The number of carbonyl (C=O) groups is 4. The van der Waals surface area contributed by atoms with E-state index >= 15 is 0 Å². The van der Waals surface area contributed by atoms with Gasteiger partial charge in [0.15, 0.2) is 11.5 Å². The minimum atomic E-state index is -1.59. The molecule has 0 spiro atoms. The molecule has 0 aliphatic carbocycles. The second kappa shape index (κ2) is 16.4. The largest absolute Gasteiger partial charge is 0.513 e. The van der Waals surface area contributed by atoms with E-state index in [0.29, 0.717) is 24.2 Å². The van der Waals surface area contributed by atoms with Gasteiger partial charge in [0.2, 0.25) is 0 Å². The van der Waals surface area contributed by atoms with E-state index in [4.69, 9.17) is 29.4 Å². The molecule has 0 radical (unpaired) electrons. The van der Waals surface area contributed by atoms with Gasteiger partial charge in [-0.15, -0.1) is 0 Å². The predicted molar refractivity (Wildman–Crippen MR) is 152 cm³/mol. The zero-order chi connectivity index (χ0) is 30.4. The number of methoxy groups -OCH3 is 1. The van der Waals surface area contributed by atoms with Crippen LogP contribution in [0.2, 0.25) is 0 Å². The van der Waals surface area contributed by atoms with E-state index in [2.05, 4.69) is 0 Å². The Bertz CT molecular complexity index is 1170. The van der Waals surface area contributed by atoms with Crippen LogP contribution in [0.25, 0.3) is 0 Å². The summed E-state index contributed by atoms with van der Waals surface area (Å²) in [5, 5.41) is 0. The van der Waals surface area contributed by atoms with Gasteiger partial charge in [0.1, 0.15) is 11.3 Å². The molecular weight excluding hydrogens is 530 g/mol. The maximum Gasteiger partial charge on any atom is 0.513 e. The molecule has 0 aromatic heterocycles. The van der Waals surface area contributed by atoms with Crippen molar-refractivity contribution in [3.63, 3.8) is 0 Å². The van der Waals surface area contributed by atoms with Crippen molar-refractivity contribution in [1.29, 1.82) is 0 Å². The van der Waals surface area contributed by atoms with Crippen LogP contribution in [-0.4, -0.2) is 43.3 Å². The summed E-state index contributed by atoms with van der Waals surface area (Å²) in [6.07, 6.45) is 1.80. The quantitative estimate of drug-likeness (QED) is 0.168. The van der Waals surface area contributed by atoms with E-state index in [1.54, 1.807) is 50.2 Å². The highest BCUT2D eigenvalue weighted by Gasteiger charge is 2.36. The first kappa shape index (κ1) is 33.3. The van der Waals surface area contributed by atoms with Crippen molar-refractivity contribution in [2.45, 2.75) is 71.8 Å². The Labute approximate surface area is 241 Å². The SMILES string of the molecule is CCCC(C)C(=O)Oc1ccc(C[C@](N)(CCOC(=O)Oc2ccccc2)C(=O)OC)cc1OC(=O)C(C)CCC. The summed E-state index contributed by atoms with van der Waals surface area (Å²) in [5.74, 6) is -1.91. The van der Waals surface area contributed by atoms with Crippen LogP contribution in [0.1, 0.15) is 65.4 Å². The van der Waals surface area contributed by atoms with Crippen LogP contribution in [-0.2, 0) is 30.3 Å². The highest BCUT2D eigenvalue weighted by Crippen LogP contribution is 2.32. The molecule has 10 heteroatoms. The van der Waals surface area contributed by atoms with Gasteiger partial charge in [-0.1, -0.05) is 64.8 Å². The Kier molecular flexibility index (Phi) is 13.3. The Morgan fingerprint density at radius 3 is 1.98 bits per heavy atom. The second-order valence-corrected chi connectivity index (χ2v) is 10.1. The van der Waals surface area contributed by atoms with Crippen LogP contribution in [0.4, 0.5) is 4.79 Å². The maximum atomic E-state index is 12.7. The van der Waals surface area contributed by atoms with Gasteiger partial charge in [-0.2, -0.15) is 0 Å². The van der Waals surface area contributed by atoms with Crippen molar-refractivity contribution in [2.75, 3.05) is 13.7 Å². The van der Waals surface area contributed by atoms with Gasteiger partial charge < -0.3 is 29.4 Å². The highest BCUT2D eigenvalue weighted by atomic mass is 16.7. The van der Waals surface area contributed by atoms with E-state index in [0.717, 1.165) is 12.8 Å². The zero-order valence-corrected chi connectivity index (χ0v) is 24.5. The molecular formula is C31H41NO9. The average molecular weight is 572 g/mol. The lowest BCUT2D eigenvalue weighted by Crippen LogP contribution is -2.51. The van der Waals surface area contributed by atoms with Gasteiger partial charge >= 0.3 is 24.1 Å². The number of esters is 3. The molecule has 224 valence electrons. The first-order chi connectivity index (χ1) is 19.5. The third-order valence-electron chi connectivity index (χ3n) is 6.50. The van der Waals surface area contributed by atoms with Crippen molar-refractivity contribution in [3.05, 3.63) is 54.1 Å². The number of hydrogen-bond donors (Lipinski definition) is 1. The zero-order valence-electron chi connectivity index (χ0n) is 24.5. The average Bonchev–Trinajstić information content (AvgIpc) is 2.94. The Hall–Kier alpha value is -3.92. The van der Waals surface area contributed by atoms with Crippen molar-refractivity contribution < 1.29 is 42.9 Å². The summed E-state index contributed by atoms with van der Waals surface area (Å²) in [5.41, 5.74) is 5.37. The second-order valence-electron chi connectivity index (χ2n) is 10.1. The van der Waals surface area contributed by atoms with Gasteiger partial charge in [0.25, 0.3) is 0 Å². The molecule has 41 heavy (non-hydrogen) atoms. The maximum absolute atomic E-state index is 12.7. The Morgan fingerprint density at radius 2 is 1.41 bits per heavy atom. The summed E-state index contributed by atoms with van der Waals surface area (Å²) in [6.45, 7) is 7.24. The standard InChI is InChI=1S/C31H41NO9/c1-6-11-21(3)27(33)40-25-16-15-23(19-26(25)41-28(34)22(4)12-7-2)20-31(32,29(35)37-5)17-18-38-30(36)39-24-13-9-8-10-14-24/h8-10,13-16,19,21-22H,6-7,11-12,17-18,20,32H2,1-5H3/t21?,22?,31-/m1/s1. The molecule has 3 atom stereocenters. The number of rotatable bonds is 15. The fourth-order valence-corrected chi connectivity index (χ4v) is 4.11. The molecule has 10 nitrogen and oxygen atoms in total. The fraction of sp³-hybridized carbons (Fsp3) is 0.484. The van der Waals surface area contributed by atoms with Gasteiger partial charge in [0, 0.05) is 12.8 Å². The van der Waals surface area contributed by atoms with Crippen LogP contribution >= 0.6 is 0 Å². The molecule has 0 heterocycles. The molecule has 0 saturated carbocycles. The summed E-state index contributed by atoms with van der Waals surface area (Å²) in [4.78, 5) is 50.1. The summed E-state index contributed by atoms with van der Waals surface area (Å²) in [6, 6.07) is 13.0. The van der Waals surface area contributed by atoms with E-state index in [1.807, 2.05) is 13.8 Å². The van der Waals surface area contributed by atoms with Crippen LogP contribution in [0.3, 0.4) is 0 Å². The summed E-state index contributed by atoms with van der Waals surface area (Å²) < 4.78 is 26.4. The highest BCUT2D eigenvalue weighted by molar-refractivity contribution is 5.81. The van der Waals surface area contributed by atoms with E-state index < -0.39 is 29.6 Å². The lowest BCUT2D eigenvalue weighted by atomic mass is 9.88. The van der Waals surface area contributed by atoms with E-state index in [1.165, 1.54) is 19.2 Å². The number of nitrogens with two attached hydrogens (primary N) is 1. The Balaban J connectivity index is 2.23. The normalized spacial score (nSPS) is 13.7. The van der Waals surface area contributed by atoms with Gasteiger partial charge in [-0.05, 0) is 42.7 Å². The number of ether oxygens (including phenoxy) is 5. The molecule has 2 rings (SSSR count). The molecule has 0 bridgehead atoms. The van der Waals surface area contributed by atoms with Gasteiger partial charge in [0.05, 0.1) is 25.6 Å². The number of benzene rings is 2. The molecule has 0 aliphatic rings. The van der Waals surface area contributed by atoms with Crippen LogP contribution in [0.5, 0.6) is 17.2 Å². The fourth-order valence-electron chi connectivity index (χ4n) is 4.11. The van der Waals surface area contributed by atoms with E-state index in [9.17, 15) is 19.2 Å². The summed E-state index contributed by atoms with van der Waals surface area (Å²) in [7, 11) is 1.21. The smallest absolute Gasteiger partial charge is 0.468 e. The lowest BCUT2D eigenvalue weighted by molar-refractivity contribution is -0.147. The molecule has 0 amide bonds. The van der Waals surface area contributed by atoms with Crippen molar-refractivity contribution in [2.24, 2.45) is 17.6 Å². The third-order valence-corrected chi connectivity index (χ3v) is 6.50. The van der Waals surface area contributed by atoms with Crippen LogP contribution in [0, 0.1) is 11.8 Å². The minimum absolute atomic E-state index is 0.0439. The number of para-hydroxylation sites is 1. The molecule has 0 saturated heterocycles. The monoisotopic (exact) mass is 571 g/mol. The topological polar surface area (TPSA) is 140 Å². The molecule has 0 aliphatic heterocycles. The number of hydrogen-bond acceptors (Lipinski definition) is 10. The molecule has 2 aromatic carbocycles. The predicted octanol–water partition coefficient (Wildman–Crippen LogP) is 5.39. The first-order valence-corrected chi connectivity index (χ1v) is 13.9.